The lowest BCUT2D eigenvalue weighted by molar-refractivity contribution is -0.936. The number of hydrogen-bond acceptors (Lipinski definition) is 2. The van der Waals surface area contributed by atoms with Crippen LogP contribution in [0.5, 0.6) is 0 Å². The van der Waals surface area contributed by atoms with Gasteiger partial charge in [0, 0.05) is 5.56 Å². The van der Waals surface area contributed by atoms with Gasteiger partial charge in [-0.05, 0) is 45.0 Å². The van der Waals surface area contributed by atoms with Gasteiger partial charge in [-0.25, -0.2) is 9.59 Å². The van der Waals surface area contributed by atoms with E-state index in [1.54, 1.807) is 0 Å². The van der Waals surface area contributed by atoms with Gasteiger partial charge in [-0.3, -0.25) is 0 Å². The predicted molar refractivity (Wildman–Crippen MR) is 102 cm³/mol. The van der Waals surface area contributed by atoms with E-state index in [4.69, 9.17) is 10.2 Å². The van der Waals surface area contributed by atoms with E-state index in [0.29, 0.717) is 0 Å². The molecule has 0 unspecified atom stereocenters. The maximum Gasteiger partial charge on any atom is 0.335 e. The van der Waals surface area contributed by atoms with Crippen LogP contribution >= 0.6 is 0 Å². The predicted octanol–water partition coefficient (Wildman–Crippen LogP) is 4.15. The highest BCUT2D eigenvalue weighted by atomic mass is 16.4. The van der Waals surface area contributed by atoms with Crippen LogP contribution in [-0.2, 0) is 6.54 Å². The molecule has 2 N–H and O–H groups in total. The van der Waals surface area contributed by atoms with Crippen molar-refractivity contribution in [3.05, 3.63) is 71.3 Å². The molecule has 0 aliphatic heterocycles. The van der Waals surface area contributed by atoms with Crippen LogP contribution < -0.4 is 0 Å². The number of quaternary nitrogens is 1. The normalized spacial score (nSPS) is 10.6. The van der Waals surface area contributed by atoms with Crippen molar-refractivity contribution in [3.63, 3.8) is 0 Å². The molecule has 0 aliphatic carbocycles. The first-order valence-electron chi connectivity index (χ1n) is 8.83. The fourth-order valence-electron chi connectivity index (χ4n) is 2.73. The number of carboxylic acids is 2. The van der Waals surface area contributed by atoms with Crippen molar-refractivity contribution in [2.75, 3.05) is 19.6 Å². The van der Waals surface area contributed by atoms with Crippen LogP contribution in [0.1, 0.15) is 47.1 Å². The topological polar surface area (TPSA) is 74.6 Å². The first kappa shape index (κ1) is 21.4. The van der Waals surface area contributed by atoms with E-state index in [2.05, 4.69) is 51.1 Å². The van der Waals surface area contributed by atoms with Crippen LogP contribution in [0.3, 0.4) is 0 Å². The number of nitrogens with zero attached hydrogens (tertiary/aromatic N) is 1. The molecule has 0 heterocycles. The minimum Gasteiger partial charge on any atom is -0.478 e. The zero-order valence-corrected chi connectivity index (χ0v) is 15.7. The van der Waals surface area contributed by atoms with Gasteiger partial charge < -0.3 is 14.7 Å². The van der Waals surface area contributed by atoms with E-state index in [1.807, 2.05) is 0 Å². The lowest BCUT2D eigenvalue weighted by Gasteiger charge is -2.35. The van der Waals surface area contributed by atoms with E-state index < -0.39 is 11.9 Å². The molecule has 5 nitrogen and oxygen atoms in total. The van der Waals surface area contributed by atoms with Gasteiger partial charge in [0.05, 0.1) is 30.8 Å². The Balaban J connectivity index is 0.000000263. The van der Waals surface area contributed by atoms with E-state index >= 15 is 0 Å². The molecule has 2 rings (SSSR count). The summed E-state index contributed by atoms with van der Waals surface area (Å²) in [5, 5.41) is 16.9. The largest absolute Gasteiger partial charge is 0.478 e. The van der Waals surface area contributed by atoms with Crippen LogP contribution in [0.25, 0.3) is 0 Å². The fourth-order valence-corrected chi connectivity index (χ4v) is 2.73. The minimum absolute atomic E-state index is 0.0833. The summed E-state index contributed by atoms with van der Waals surface area (Å²) in [6.45, 7) is 11.7. The molecule has 0 atom stereocenters. The fraction of sp³-hybridized carbons (Fsp3) is 0.333. The van der Waals surface area contributed by atoms with Crippen LogP contribution in [-0.4, -0.2) is 46.3 Å². The zero-order chi connectivity index (χ0) is 19.6. The Morgan fingerprint density at radius 1 is 0.731 bits per heavy atom. The number of rotatable bonds is 7. The Morgan fingerprint density at radius 2 is 1.12 bits per heavy atom. The van der Waals surface area contributed by atoms with Crippen molar-refractivity contribution in [2.24, 2.45) is 0 Å². The van der Waals surface area contributed by atoms with Crippen LogP contribution in [0.4, 0.5) is 0 Å². The molecule has 140 valence electrons. The summed E-state index contributed by atoms with van der Waals surface area (Å²) in [5.41, 5.74) is 1.62. The molecule has 0 fully saturated rings. The van der Waals surface area contributed by atoms with E-state index in [1.165, 1.54) is 60.5 Å². The van der Waals surface area contributed by atoms with Crippen LogP contribution in [0.2, 0.25) is 0 Å². The number of carbonyl (C=O) groups is 2. The summed E-state index contributed by atoms with van der Waals surface area (Å²) in [4.78, 5) is 20.7. The molecule has 0 saturated carbocycles. The van der Waals surface area contributed by atoms with E-state index in [-0.39, 0.29) is 11.1 Å². The first-order valence-corrected chi connectivity index (χ1v) is 8.83. The lowest BCUT2D eigenvalue weighted by atomic mass is 10.1. The van der Waals surface area contributed by atoms with Gasteiger partial charge in [0.15, 0.2) is 0 Å². The standard InChI is InChI=1S/C13H22N.C8H6O4/c1-4-14(5-2,6-3)12-13-10-8-7-9-11-13;9-7(10)5-1-2-6(4-3-5)8(11)12/h7-11H,4-6,12H2,1-3H3;1-4H,(H,9,10)(H,11,12)/q+1;. The summed E-state index contributed by atoms with van der Waals surface area (Å²) >= 11 is 0. The molecule has 2 aromatic rings. The van der Waals surface area contributed by atoms with Crippen molar-refractivity contribution in [1.29, 1.82) is 0 Å². The SMILES string of the molecule is CC[N+](CC)(CC)Cc1ccccc1.O=C(O)c1ccc(C(=O)O)cc1. The van der Waals surface area contributed by atoms with Gasteiger partial charge in [0.1, 0.15) is 6.54 Å². The number of aromatic carboxylic acids is 2. The van der Waals surface area contributed by atoms with Gasteiger partial charge in [-0.2, -0.15) is 0 Å². The molecule has 0 aromatic heterocycles. The third kappa shape index (κ3) is 6.33. The molecule has 0 saturated heterocycles. The second kappa shape index (κ2) is 10.4. The lowest BCUT2D eigenvalue weighted by Crippen LogP contribution is -2.46. The number of benzene rings is 2. The Bertz CT molecular complexity index is 650. The average Bonchev–Trinajstić information content (AvgIpc) is 2.67. The number of hydrogen-bond donors (Lipinski definition) is 2. The van der Waals surface area contributed by atoms with Gasteiger partial charge in [-0.15, -0.1) is 0 Å². The monoisotopic (exact) mass is 358 g/mol. The summed E-state index contributed by atoms with van der Waals surface area (Å²) in [6.07, 6.45) is 0. The second-order valence-corrected chi connectivity index (χ2v) is 6.12. The third-order valence-electron chi connectivity index (χ3n) is 4.75. The summed E-state index contributed by atoms with van der Waals surface area (Å²) < 4.78 is 1.20. The molecule has 0 amide bonds. The van der Waals surface area contributed by atoms with E-state index in [0.717, 1.165) is 0 Å². The van der Waals surface area contributed by atoms with Crippen molar-refractivity contribution in [1.82, 2.24) is 0 Å². The maximum absolute atomic E-state index is 10.3. The maximum atomic E-state index is 10.3. The third-order valence-corrected chi connectivity index (χ3v) is 4.75. The molecule has 26 heavy (non-hydrogen) atoms. The summed E-state index contributed by atoms with van der Waals surface area (Å²) in [5.74, 6) is -2.13. The Morgan fingerprint density at radius 3 is 1.42 bits per heavy atom. The molecule has 2 aromatic carbocycles. The van der Waals surface area contributed by atoms with Gasteiger partial charge in [-0.1, -0.05) is 30.3 Å². The highest BCUT2D eigenvalue weighted by Crippen LogP contribution is 2.13. The molecule has 0 spiro atoms. The van der Waals surface area contributed by atoms with Gasteiger partial charge in [0.25, 0.3) is 0 Å². The molecular formula is C21H28NO4+. The quantitative estimate of drug-likeness (QED) is 0.729. The Hall–Kier alpha value is -2.66. The Kier molecular flexibility index (Phi) is 8.52. The van der Waals surface area contributed by atoms with Crippen molar-refractivity contribution in [3.8, 4) is 0 Å². The van der Waals surface area contributed by atoms with Gasteiger partial charge in [0.2, 0.25) is 0 Å². The first-order chi connectivity index (χ1) is 12.4. The molecular weight excluding hydrogens is 330 g/mol. The van der Waals surface area contributed by atoms with Crippen LogP contribution in [0.15, 0.2) is 54.6 Å². The summed E-state index contributed by atoms with van der Waals surface area (Å²) in [7, 11) is 0. The highest BCUT2D eigenvalue weighted by Gasteiger charge is 2.20. The smallest absolute Gasteiger partial charge is 0.335 e. The second-order valence-electron chi connectivity index (χ2n) is 6.12. The van der Waals surface area contributed by atoms with Crippen molar-refractivity contribution >= 4 is 11.9 Å². The molecule has 5 heteroatoms. The van der Waals surface area contributed by atoms with Crippen molar-refractivity contribution in [2.45, 2.75) is 27.3 Å². The minimum atomic E-state index is -1.06. The molecule has 0 bridgehead atoms. The molecule has 0 radical (unpaired) electrons. The van der Waals surface area contributed by atoms with Crippen molar-refractivity contribution < 1.29 is 24.3 Å². The summed E-state index contributed by atoms with van der Waals surface area (Å²) in [6, 6.07) is 15.8. The molecule has 0 aliphatic rings. The number of carboxylic acid groups (broad SMARTS) is 2. The highest BCUT2D eigenvalue weighted by molar-refractivity contribution is 5.91. The zero-order valence-electron chi connectivity index (χ0n) is 15.7. The Labute approximate surface area is 155 Å². The van der Waals surface area contributed by atoms with Gasteiger partial charge >= 0.3 is 11.9 Å². The van der Waals surface area contributed by atoms with E-state index in [9.17, 15) is 9.59 Å². The average molecular weight is 358 g/mol. The van der Waals surface area contributed by atoms with Crippen LogP contribution in [0, 0.1) is 0 Å².